The average Bonchev–Trinajstić information content (AvgIpc) is 3.00. The lowest BCUT2D eigenvalue weighted by molar-refractivity contribution is 0.0835. The first-order valence-electron chi connectivity index (χ1n) is 7.79. The van der Waals surface area contributed by atoms with Crippen LogP contribution in [0.1, 0.15) is 44.3 Å². The lowest BCUT2D eigenvalue weighted by Crippen LogP contribution is -2.38. The molecule has 1 fully saturated rings. The topological polar surface area (TPSA) is 77.2 Å². The zero-order valence-corrected chi connectivity index (χ0v) is 14.0. The molecule has 0 aliphatic carbocycles. The number of nitrogens with zero attached hydrogens (tertiary/aromatic N) is 5. The zero-order chi connectivity index (χ0) is 16.2. The fourth-order valence-electron chi connectivity index (χ4n) is 2.45. The fraction of sp³-hybridized carbons (Fsp3) is 0.600. The Morgan fingerprint density at radius 3 is 2.61 bits per heavy atom. The van der Waals surface area contributed by atoms with Gasteiger partial charge in [0.2, 0.25) is 5.89 Å². The van der Waals surface area contributed by atoms with Crippen LogP contribution in [0.15, 0.2) is 16.9 Å². The van der Waals surface area contributed by atoms with E-state index in [2.05, 4.69) is 38.9 Å². The largest absolute Gasteiger partial charge is 0.460 e. The van der Waals surface area contributed by atoms with Crippen LogP contribution in [0.3, 0.4) is 0 Å². The van der Waals surface area contributed by atoms with E-state index < -0.39 is 0 Å². The lowest BCUT2D eigenvalue weighted by atomic mass is 10.1. The second-order valence-corrected chi connectivity index (χ2v) is 6.41. The van der Waals surface area contributed by atoms with Gasteiger partial charge < -0.3 is 9.26 Å². The molecule has 0 spiro atoms. The molecule has 2 aromatic rings. The maximum Gasteiger partial charge on any atom is 0.316 e. The van der Waals surface area contributed by atoms with Crippen molar-refractivity contribution in [1.82, 2.24) is 25.0 Å². The Kier molecular flexibility index (Phi) is 5.07. The molecule has 124 valence electrons. The van der Waals surface area contributed by atoms with E-state index in [0.29, 0.717) is 23.5 Å². The van der Waals surface area contributed by atoms with E-state index in [0.717, 1.165) is 31.8 Å². The first-order valence-corrected chi connectivity index (χ1v) is 8.17. The number of aromatic nitrogens is 4. The van der Waals surface area contributed by atoms with Crippen molar-refractivity contribution >= 4 is 11.6 Å². The number of piperidine rings is 1. The SMILES string of the molecule is CC(C)c1noc(CN2CCC(Oc3ncc(Cl)cn3)CC2)n1. The molecule has 0 atom stereocenters. The molecule has 1 saturated heterocycles. The van der Waals surface area contributed by atoms with Gasteiger partial charge in [0, 0.05) is 19.0 Å². The van der Waals surface area contributed by atoms with Crippen molar-refractivity contribution in [2.75, 3.05) is 13.1 Å². The van der Waals surface area contributed by atoms with Gasteiger partial charge in [-0.1, -0.05) is 30.6 Å². The Hall–Kier alpha value is -1.73. The summed E-state index contributed by atoms with van der Waals surface area (Å²) in [5.74, 6) is 1.72. The van der Waals surface area contributed by atoms with Gasteiger partial charge in [-0.2, -0.15) is 4.98 Å². The third-order valence-corrected chi connectivity index (χ3v) is 3.96. The minimum atomic E-state index is 0.126. The Balaban J connectivity index is 1.47. The molecular weight excluding hydrogens is 318 g/mol. The standard InChI is InChI=1S/C15H20ClN5O2/c1-10(2)14-19-13(23-20-14)9-21-5-3-12(4-6-21)22-15-17-7-11(16)8-18-15/h7-8,10,12H,3-6,9H2,1-2H3. The van der Waals surface area contributed by atoms with Crippen molar-refractivity contribution in [1.29, 1.82) is 0 Å². The predicted molar refractivity (Wildman–Crippen MR) is 84.4 cm³/mol. The van der Waals surface area contributed by atoms with E-state index in [1.54, 1.807) is 12.4 Å². The van der Waals surface area contributed by atoms with Crippen LogP contribution in [0.2, 0.25) is 5.02 Å². The van der Waals surface area contributed by atoms with E-state index in [-0.39, 0.29) is 12.0 Å². The Morgan fingerprint density at radius 1 is 1.30 bits per heavy atom. The Labute approximate surface area is 140 Å². The fourth-order valence-corrected chi connectivity index (χ4v) is 2.55. The van der Waals surface area contributed by atoms with Crippen LogP contribution in [0.25, 0.3) is 0 Å². The van der Waals surface area contributed by atoms with Crippen LogP contribution >= 0.6 is 11.6 Å². The summed E-state index contributed by atoms with van der Waals surface area (Å²) in [6.45, 7) is 6.62. The summed E-state index contributed by atoms with van der Waals surface area (Å²) in [5.41, 5.74) is 0. The highest BCUT2D eigenvalue weighted by Crippen LogP contribution is 2.18. The molecule has 0 N–H and O–H groups in total. The normalized spacial score (nSPS) is 16.9. The first-order chi connectivity index (χ1) is 11.1. The molecule has 7 nitrogen and oxygen atoms in total. The first kappa shape index (κ1) is 16.1. The molecular formula is C15H20ClN5O2. The monoisotopic (exact) mass is 337 g/mol. The molecule has 0 radical (unpaired) electrons. The van der Waals surface area contributed by atoms with Crippen molar-refractivity contribution in [2.24, 2.45) is 0 Å². The van der Waals surface area contributed by atoms with Gasteiger partial charge in [0.15, 0.2) is 5.82 Å². The van der Waals surface area contributed by atoms with Crippen molar-refractivity contribution < 1.29 is 9.26 Å². The van der Waals surface area contributed by atoms with E-state index in [1.165, 1.54) is 0 Å². The number of hydrogen-bond donors (Lipinski definition) is 0. The third-order valence-electron chi connectivity index (χ3n) is 3.76. The molecule has 2 aromatic heterocycles. The summed E-state index contributed by atoms with van der Waals surface area (Å²) in [6, 6.07) is 0.381. The maximum absolute atomic E-state index is 5.79. The molecule has 23 heavy (non-hydrogen) atoms. The van der Waals surface area contributed by atoms with Gasteiger partial charge in [0.1, 0.15) is 6.10 Å². The summed E-state index contributed by atoms with van der Waals surface area (Å²) in [4.78, 5) is 14.8. The minimum Gasteiger partial charge on any atom is -0.460 e. The summed E-state index contributed by atoms with van der Waals surface area (Å²) in [7, 11) is 0. The highest BCUT2D eigenvalue weighted by Gasteiger charge is 2.23. The van der Waals surface area contributed by atoms with Gasteiger partial charge in [-0.25, -0.2) is 9.97 Å². The number of likely N-dealkylation sites (tertiary alicyclic amines) is 1. The van der Waals surface area contributed by atoms with Crippen LogP contribution in [-0.4, -0.2) is 44.2 Å². The van der Waals surface area contributed by atoms with Crippen LogP contribution in [0.5, 0.6) is 6.01 Å². The predicted octanol–water partition coefficient (Wildman–Crippen LogP) is 2.68. The summed E-state index contributed by atoms with van der Waals surface area (Å²) in [5, 5.41) is 4.50. The van der Waals surface area contributed by atoms with Gasteiger partial charge in [-0.05, 0) is 12.8 Å². The molecule has 1 aliphatic heterocycles. The Morgan fingerprint density at radius 2 is 2.00 bits per heavy atom. The Bertz CT molecular complexity index is 623. The summed E-state index contributed by atoms with van der Waals surface area (Å²) < 4.78 is 11.1. The molecule has 0 aromatic carbocycles. The third kappa shape index (κ3) is 4.39. The second kappa shape index (κ2) is 7.23. The van der Waals surface area contributed by atoms with E-state index in [9.17, 15) is 0 Å². The van der Waals surface area contributed by atoms with Crippen molar-refractivity contribution in [2.45, 2.75) is 45.3 Å². The molecule has 0 amide bonds. The molecule has 0 bridgehead atoms. The van der Waals surface area contributed by atoms with Crippen LogP contribution in [-0.2, 0) is 6.54 Å². The van der Waals surface area contributed by atoms with Crippen LogP contribution in [0.4, 0.5) is 0 Å². The van der Waals surface area contributed by atoms with Crippen LogP contribution < -0.4 is 4.74 Å². The number of hydrogen-bond acceptors (Lipinski definition) is 7. The summed E-state index contributed by atoms with van der Waals surface area (Å²) >= 11 is 5.76. The van der Waals surface area contributed by atoms with E-state index >= 15 is 0 Å². The van der Waals surface area contributed by atoms with Gasteiger partial charge in [0.05, 0.1) is 24.0 Å². The minimum absolute atomic E-state index is 0.126. The molecule has 8 heteroatoms. The van der Waals surface area contributed by atoms with E-state index in [4.69, 9.17) is 20.9 Å². The molecule has 0 saturated carbocycles. The highest BCUT2D eigenvalue weighted by molar-refractivity contribution is 6.30. The van der Waals surface area contributed by atoms with Gasteiger partial charge in [-0.3, -0.25) is 4.90 Å². The smallest absolute Gasteiger partial charge is 0.316 e. The van der Waals surface area contributed by atoms with Crippen molar-refractivity contribution in [3.63, 3.8) is 0 Å². The molecule has 0 unspecified atom stereocenters. The quantitative estimate of drug-likeness (QED) is 0.830. The number of halogens is 1. The maximum atomic E-state index is 5.79. The zero-order valence-electron chi connectivity index (χ0n) is 13.3. The van der Waals surface area contributed by atoms with Gasteiger partial charge >= 0.3 is 6.01 Å². The van der Waals surface area contributed by atoms with Crippen LogP contribution in [0, 0.1) is 0 Å². The number of ether oxygens (including phenoxy) is 1. The van der Waals surface area contributed by atoms with Crippen molar-refractivity contribution in [3.8, 4) is 6.01 Å². The average molecular weight is 338 g/mol. The van der Waals surface area contributed by atoms with Gasteiger partial charge in [0.25, 0.3) is 0 Å². The molecule has 3 rings (SSSR count). The highest BCUT2D eigenvalue weighted by atomic mass is 35.5. The lowest BCUT2D eigenvalue weighted by Gasteiger charge is -2.30. The van der Waals surface area contributed by atoms with Gasteiger partial charge in [-0.15, -0.1) is 0 Å². The second-order valence-electron chi connectivity index (χ2n) is 5.98. The number of rotatable bonds is 5. The van der Waals surface area contributed by atoms with Crippen molar-refractivity contribution in [3.05, 3.63) is 29.1 Å². The molecule has 3 heterocycles. The molecule has 1 aliphatic rings. The summed E-state index contributed by atoms with van der Waals surface area (Å²) in [6.07, 6.45) is 5.04. The van der Waals surface area contributed by atoms with E-state index in [1.807, 2.05) is 0 Å².